The molecule has 0 N–H and O–H groups in total. The minimum Gasteiger partial charge on any atom is -0.310 e. The van der Waals surface area contributed by atoms with Gasteiger partial charge >= 0.3 is 0 Å². The Morgan fingerprint density at radius 2 is 1.04 bits per heavy atom. The molecule has 2 heterocycles. The van der Waals surface area contributed by atoms with Crippen molar-refractivity contribution >= 4 is 66.2 Å². The Balaban J connectivity index is 1.07. The normalized spacial score (nSPS) is 14.7. The third-order valence-corrected chi connectivity index (χ3v) is 12.0. The minimum absolute atomic E-state index is 0.0365. The van der Waals surface area contributed by atoms with Gasteiger partial charge in [-0.2, -0.15) is 0 Å². The lowest BCUT2D eigenvalue weighted by molar-refractivity contribution is 0.608. The van der Waals surface area contributed by atoms with Gasteiger partial charge in [-0.3, -0.25) is 0 Å². The number of anilines is 3. The van der Waals surface area contributed by atoms with Crippen molar-refractivity contribution in [2.75, 3.05) is 4.90 Å². The van der Waals surface area contributed by atoms with E-state index in [-0.39, 0.29) is 5.41 Å². The summed E-state index contributed by atoms with van der Waals surface area (Å²) < 4.78 is 4.84. The van der Waals surface area contributed by atoms with E-state index in [1.54, 1.807) is 5.57 Å². The molecule has 0 unspecified atom stereocenters. The second kappa shape index (κ2) is 11.7. The molecule has 3 nitrogen and oxygen atoms in total. The van der Waals surface area contributed by atoms with Crippen molar-refractivity contribution in [2.45, 2.75) is 32.1 Å². The quantitative estimate of drug-likeness (QED) is 0.175. The Hall–Kier alpha value is -6.58. The number of allylic oxidation sites excluding steroid dienone is 4. The van der Waals surface area contributed by atoms with Crippen molar-refractivity contribution in [3.8, 4) is 11.4 Å². The van der Waals surface area contributed by atoms with Crippen LogP contribution in [-0.2, 0) is 5.41 Å². The maximum atomic E-state index is 2.49. The van der Waals surface area contributed by atoms with Crippen LogP contribution in [0.1, 0.15) is 37.8 Å². The third kappa shape index (κ3) is 4.48. The second-order valence-electron chi connectivity index (χ2n) is 15.3. The first-order valence-corrected chi connectivity index (χ1v) is 19.1. The minimum atomic E-state index is 0.0365. The van der Waals surface area contributed by atoms with Gasteiger partial charge in [-0.25, -0.2) is 0 Å². The Kier molecular flexibility index (Phi) is 6.72. The Morgan fingerprint density at radius 1 is 0.481 bits per heavy atom. The zero-order chi connectivity index (χ0) is 36.0. The highest BCUT2D eigenvalue weighted by molar-refractivity contribution is 6.12. The maximum Gasteiger partial charge on any atom is 0.0547 e. The predicted octanol–water partition coefficient (Wildman–Crippen LogP) is 13.7. The molecule has 258 valence electrons. The van der Waals surface area contributed by atoms with E-state index in [4.69, 9.17) is 0 Å². The lowest BCUT2D eigenvalue weighted by atomic mass is 9.78. The molecule has 0 saturated carbocycles. The van der Waals surface area contributed by atoms with Gasteiger partial charge in [0.05, 0.1) is 22.1 Å². The summed E-state index contributed by atoms with van der Waals surface area (Å²) >= 11 is 0. The van der Waals surface area contributed by atoms with Crippen molar-refractivity contribution in [3.05, 3.63) is 193 Å². The van der Waals surface area contributed by atoms with Gasteiger partial charge in [-0.05, 0) is 121 Å². The highest BCUT2D eigenvalue weighted by Crippen LogP contribution is 2.52. The molecule has 2 aliphatic carbocycles. The van der Waals surface area contributed by atoms with Crippen LogP contribution in [0.15, 0.2) is 182 Å². The molecule has 11 rings (SSSR count). The molecule has 7 aromatic carbocycles. The number of fused-ring (bicyclic) bond motifs is 8. The predicted molar refractivity (Wildman–Crippen MR) is 228 cm³/mol. The van der Waals surface area contributed by atoms with Crippen LogP contribution in [0, 0.1) is 0 Å². The van der Waals surface area contributed by atoms with Gasteiger partial charge in [0.15, 0.2) is 0 Å². The van der Waals surface area contributed by atoms with E-state index in [2.05, 4.69) is 204 Å². The molecule has 3 heteroatoms. The molecule has 9 aromatic rings. The maximum absolute atomic E-state index is 2.49. The molecule has 0 aliphatic heterocycles. The van der Waals surface area contributed by atoms with Gasteiger partial charge in [0.2, 0.25) is 0 Å². The molecule has 0 radical (unpaired) electrons. The fourth-order valence-electron chi connectivity index (χ4n) is 9.49. The summed E-state index contributed by atoms with van der Waals surface area (Å²) in [6.45, 7) is 4.82. The number of nitrogens with zero attached hydrogens (tertiary/aromatic N) is 3. The lowest BCUT2D eigenvalue weighted by Gasteiger charge is -2.26. The first-order valence-electron chi connectivity index (χ1n) is 19.1. The fourth-order valence-corrected chi connectivity index (χ4v) is 9.49. The molecule has 0 saturated heterocycles. The van der Waals surface area contributed by atoms with E-state index in [0.717, 1.165) is 41.3 Å². The smallest absolute Gasteiger partial charge is 0.0547 e. The van der Waals surface area contributed by atoms with E-state index in [1.807, 2.05) is 0 Å². The summed E-state index contributed by atoms with van der Waals surface area (Å²) in [6.07, 6.45) is 6.98. The van der Waals surface area contributed by atoms with Crippen molar-refractivity contribution < 1.29 is 0 Å². The van der Waals surface area contributed by atoms with Crippen molar-refractivity contribution in [1.29, 1.82) is 0 Å². The molecular formula is C51H39N3. The molecule has 0 bridgehead atoms. The van der Waals surface area contributed by atoms with Gasteiger partial charge in [0.25, 0.3) is 0 Å². The van der Waals surface area contributed by atoms with Crippen molar-refractivity contribution in [1.82, 2.24) is 9.13 Å². The van der Waals surface area contributed by atoms with Gasteiger partial charge in [0, 0.05) is 55.4 Å². The number of benzene rings is 7. The summed E-state index contributed by atoms with van der Waals surface area (Å²) in [6, 6.07) is 60.0. The average Bonchev–Trinajstić information content (AvgIpc) is 3.81. The fraction of sp³-hybridized carbons (Fsp3) is 0.0980. The van der Waals surface area contributed by atoms with E-state index in [9.17, 15) is 0 Å². The topological polar surface area (TPSA) is 13.1 Å². The number of hydrogen-bond acceptors (Lipinski definition) is 1. The van der Waals surface area contributed by atoms with Crippen LogP contribution < -0.4 is 4.90 Å². The summed E-state index contributed by atoms with van der Waals surface area (Å²) in [5.74, 6) is 0. The van der Waals surface area contributed by atoms with Crippen molar-refractivity contribution in [3.63, 3.8) is 0 Å². The zero-order valence-electron chi connectivity index (χ0n) is 30.5. The number of aromatic nitrogens is 2. The van der Waals surface area contributed by atoms with Gasteiger partial charge < -0.3 is 14.0 Å². The monoisotopic (exact) mass is 693 g/mol. The number of para-hydroxylation sites is 4. The second-order valence-corrected chi connectivity index (χ2v) is 15.3. The van der Waals surface area contributed by atoms with E-state index >= 15 is 0 Å². The summed E-state index contributed by atoms with van der Waals surface area (Å²) in [7, 11) is 0. The molecule has 2 aromatic heterocycles. The van der Waals surface area contributed by atoms with Crippen LogP contribution in [0.5, 0.6) is 0 Å². The SMILES string of the molecule is CC1(C)C2=C(C=CCC2)c2cc3c(cc21)c1ccccc1n3-c1ccc(N(c2ccccc2)c2ccc3c(c2)c2ccccc2n3-c2ccccc2)cc1. The third-order valence-electron chi connectivity index (χ3n) is 12.0. The van der Waals surface area contributed by atoms with Crippen LogP contribution in [0.3, 0.4) is 0 Å². The molecular weight excluding hydrogens is 655 g/mol. The number of rotatable bonds is 5. The van der Waals surface area contributed by atoms with Gasteiger partial charge in [-0.15, -0.1) is 0 Å². The van der Waals surface area contributed by atoms with Crippen LogP contribution in [0.4, 0.5) is 17.1 Å². The zero-order valence-corrected chi connectivity index (χ0v) is 30.5. The first-order chi connectivity index (χ1) is 26.6. The average molecular weight is 694 g/mol. The number of hydrogen-bond donors (Lipinski definition) is 0. The molecule has 0 spiro atoms. The summed E-state index contributed by atoms with van der Waals surface area (Å²) in [5, 5.41) is 5.09. The lowest BCUT2D eigenvalue weighted by Crippen LogP contribution is -2.17. The van der Waals surface area contributed by atoms with Crippen LogP contribution in [0.2, 0.25) is 0 Å². The Labute approximate surface area is 315 Å². The van der Waals surface area contributed by atoms with E-state index in [1.165, 1.54) is 60.3 Å². The van der Waals surface area contributed by atoms with Crippen LogP contribution in [0.25, 0.3) is 60.6 Å². The van der Waals surface area contributed by atoms with Crippen molar-refractivity contribution in [2.24, 2.45) is 0 Å². The molecule has 0 atom stereocenters. The standard InChI is InChI=1S/C51H39N3/c1-51(2)45-22-12-9-19-39(45)42-33-50-44(32-46(42)51)41-21-11-14-24-48(41)54(50)37-27-25-36(26-28-37)52(34-15-5-3-6-16-34)38-29-30-49-43(31-38)40-20-10-13-23-47(40)53(49)35-17-7-4-8-18-35/h3-11,13-21,23-33H,12,22H2,1-2H3. The Bertz CT molecular complexity index is 2990. The molecule has 0 amide bonds. The largest absolute Gasteiger partial charge is 0.310 e. The van der Waals surface area contributed by atoms with E-state index < -0.39 is 0 Å². The van der Waals surface area contributed by atoms with Crippen LogP contribution in [-0.4, -0.2) is 9.13 Å². The molecule has 54 heavy (non-hydrogen) atoms. The van der Waals surface area contributed by atoms with Gasteiger partial charge in [-0.1, -0.05) is 104 Å². The first kappa shape index (κ1) is 31.0. The molecule has 2 aliphatic rings. The highest BCUT2D eigenvalue weighted by atomic mass is 15.1. The van der Waals surface area contributed by atoms with E-state index in [0.29, 0.717) is 0 Å². The summed E-state index contributed by atoms with van der Waals surface area (Å²) in [5.41, 5.74) is 16.5. The Morgan fingerprint density at radius 3 is 1.76 bits per heavy atom. The van der Waals surface area contributed by atoms with Crippen LogP contribution >= 0.6 is 0 Å². The summed E-state index contributed by atoms with van der Waals surface area (Å²) in [4.78, 5) is 2.38. The van der Waals surface area contributed by atoms with Gasteiger partial charge in [0.1, 0.15) is 0 Å². The molecule has 0 fully saturated rings. The highest BCUT2D eigenvalue weighted by Gasteiger charge is 2.38.